The molecule has 0 bridgehead atoms. The summed E-state index contributed by atoms with van der Waals surface area (Å²) in [7, 11) is 0. The minimum atomic E-state index is 0.110. The van der Waals surface area contributed by atoms with Crippen molar-refractivity contribution in [2.24, 2.45) is 11.8 Å². The highest BCUT2D eigenvalue weighted by Gasteiger charge is 2.38. The van der Waals surface area contributed by atoms with Gasteiger partial charge in [-0.15, -0.1) is 0 Å². The van der Waals surface area contributed by atoms with Gasteiger partial charge in [-0.2, -0.15) is 0 Å². The molecule has 124 valence electrons. The summed E-state index contributed by atoms with van der Waals surface area (Å²) in [4.78, 5) is 14.6. The van der Waals surface area contributed by atoms with Crippen LogP contribution in [0.25, 0.3) is 0 Å². The van der Waals surface area contributed by atoms with E-state index in [1.807, 2.05) is 41.3 Å². The summed E-state index contributed by atoms with van der Waals surface area (Å²) in [5.74, 6) is 2.70. The van der Waals surface area contributed by atoms with Crippen LogP contribution in [-0.4, -0.2) is 37.0 Å². The highest BCUT2D eigenvalue weighted by atomic mass is 35.5. The molecule has 2 fully saturated rings. The van der Waals surface area contributed by atoms with Gasteiger partial charge in [0.05, 0.1) is 0 Å². The van der Waals surface area contributed by atoms with Gasteiger partial charge in [-0.25, -0.2) is 0 Å². The first-order valence-electron chi connectivity index (χ1n) is 8.22. The minimum absolute atomic E-state index is 0.110. The highest BCUT2D eigenvalue weighted by molar-refractivity contribution is 6.30. The van der Waals surface area contributed by atoms with Crippen LogP contribution in [0.1, 0.15) is 10.4 Å². The van der Waals surface area contributed by atoms with Crippen molar-refractivity contribution in [3.8, 4) is 11.5 Å². The third-order valence-electron chi connectivity index (χ3n) is 4.81. The molecular weight excluding hydrogens is 324 g/mol. The average Bonchev–Trinajstić information content (AvgIpc) is 3.16. The lowest BCUT2D eigenvalue weighted by atomic mass is 10.0. The van der Waals surface area contributed by atoms with Crippen molar-refractivity contribution in [3.05, 3.63) is 59.1 Å². The summed E-state index contributed by atoms with van der Waals surface area (Å²) in [5, 5.41) is 4.03. The fourth-order valence-electron chi connectivity index (χ4n) is 3.54. The van der Waals surface area contributed by atoms with E-state index in [4.69, 9.17) is 16.3 Å². The van der Waals surface area contributed by atoms with Crippen molar-refractivity contribution in [2.45, 2.75) is 0 Å². The van der Waals surface area contributed by atoms with Crippen LogP contribution in [0.2, 0.25) is 5.02 Å². The lowest BCUT2D eigenvalue weighted by Gasteiger charge is -2.17. The number of carbonyl (C=O) groups is 1. The van der Waals surface area contributed by atoms with Crippen LogP contribution in [-0.2, 0) is 0 Å². The monoisotopic (exact) mass is 342 g/mol. The first kappa shape index (κ1) is 15.5. The van der Waals surface area contributed by atoms with Gasteiger partial charge >= 0.3 is 0 Å². The number of nitrogens with one attached hydrogen (secondary N) is 1. The predicted molar refractivity (Wildman–Crippen MR) is 93.7 cm³/mol. The van der Waals surface area contributed by atoms with Crippen LogP contribution in [0.5, 0.6) is 11.5 Å². The second kappa shape index (κ2) is 6.46. The molecule has 0 radical (unpaired) electrons. The Balaban J connectivity index is 1.43. The van der Waals surface area contributed by atoms with E-state index in [0.717, 1.165) is 26.2 Å². The van der Waals surface area contributed by atoms with Gasteiger partial charge < -0.3 is 15.0 Å². The largest absolute Gasteiger partial charge is 0.457 e. The van der Waals surface area contributed by atoms with Crippen molar-refractivity contribution in [3.63, 3.8) is 0 Å². The zero-order valence-electron chi connectivity index (χ0n) is 13.2. The van der Waals surface area contributed by atoms with E-state index in [9.17, 15) is 4.79 Å². The lowest BCUT2D eigenvalue weighted by Crippen LogP contribution is -2.31. The van der Waals surface area contributed by atoms with Crippen molar-refractivity contribution < 1.29 is 9.53 Å². The molecule has 2 aromatic rings. The molecule has 0 unspecified atom stereocenters. The summed E-state index contributed by atoms with van der Waals surface area (Å²) in [6.07, 6.45) is 0. The molecule has 2 aliphatic rings. The molecule has 24 heavy (non-hydrogen) atoms. The lowest BCUT2D eigenvalue weighted by molar-refractivity contribution is 0.0781. The molecule has 0 saturated carbocycles. The van der Waals surface area contributed by atoms with Gasteiger partial charge in [-0.1, -0.05) is 17.7 Å². The number of halogens is 1. The number of amides is 1. The van der Waals surface area contributed by atoms with Gasteiger partial charge in [-0.3, -0.25) is 4.79 Å². The maximum atomic E-state index is 12.6. The van der Waals surface area contributed by atoms with E-state index in [-0.39, 0.29) is 5.91 Å². The first-order valence-corrected chi connectivity index (χ1v) is 8.60. The van der Waals surface area contributed by atoms with Gasteiger partial charge in [0.25, 0.3) is 5.91 Å². The summed E-state index contributed by atoms with van der Waals surface area (Å²) >= 11 is 5.96. The van der Waals surface area contributed by atoms with Gasteiger partial charge in [0.2, 0.25) is 0 Å². The molecule has 0 spiro atoms. The van der Waals surface area contributed by atoms with E-state index >= 15 is 0 Å². The van der Waals surface area contributed by atoms with Gasteiger partial charge in [-0.05, 0) is 54.3 Å². The Bertz CT molecular complexity index is 735. The van der Waals surface area contributed by atoms with Gasteiger partial charge in [0.15, 0.2) is 0 Å². The van der Waals surface area contributed by atoms with Crippen LogP contribution >= 0.6 is 11.6 Å². The summed E-state index contributed by atoms with van der Waals surface area (Å²) in [5.41, 5.74) is 0.710. The van der Waals surface area contributed by atoms with Crippen LogP contribution in [0, 0.1) is 11.8 Å². The minimum Gasteiger partial charge on any atom is -0.457 e. The van der Waals surface area contributed by atoms with Crippen LogP contribution in [0.15, 0.2) is 48.5 Å². The number of hydrogen-bond acceptors (Lipinski definition) is 3. The average molecular weight is 343 g/mol. The zero-order valence-corrected chi connectivity index (χ0v) is 14.0. The molecule has 5 heteroatoms. The van der Waals surface area contributed by atoms with Crippen LogP contribution in [0.3, 0.4) is 0 Å². The van der Waals surface area contributed by atoms with E-state index in [1.54, 1.807) is 12.1 Å². The molecule has 2 atom stereocenters. The van der Waals surface area contributed by atoms with E-state index in [1.165, 1.54) is 0 Å². The molecule has 1 amide bonds. The standard InChI is InChI=1S/C19H19ClN2O2/c20-16-2-1-3-18(8-16)24-17-6-4-13(5-7-17)19(23)22-11-14-9-21-10-15(14)12-22/h1-8,14-15,21H,9-12H2/t14-,15+. The Kier molecular flexibility index (Phi) is 4.17. The third kappa shape index (κ3) is 3.12. The maximum Gasteiger partial charge on any atom is 0.253 e. The molecule has 2 aliphatic heterocycles. The SMILES string of the molecule is O=C(c1ccc(Oc2cccc(Cl)c2)cc1)N1C[C@H]2CNC[C@H]2C1. The Morgan fingerprint density at radius 3 is 2.42 bits per heavy atom. The number of hydrogen-bond donors (Lipinski definition) is 1. The second-order valence-electron chi connectivity index (χ2n) is 6.47. The molecule has 4 nitrogen and oxygen atoms in total. The number of fused-ring (bicyclic) bond motifs is 1. The molecule has 2 heterocycles. The number of carbonyl (C=O) groups excluding carboxylic acids is 1. The number of likely N-dealkylation sites (tertiary alicyclic amines) is 1. The number of nitrogens with zero attached hydrogens (tertiary/aromatic N) is 1. The molecule has 4 rings (SSSR count). The Morgan fingerprint density at radius 1 is 1.04 bits per heavy atom. The highest BCUT2D eigenvalue weighted by Crippen LogP contribution is 2.28. The molecule has 1 N–H and O–H groups in total. The number of benzene rings is 2. The van der Waals surface area contributed by atoms with E-state index in [0.29, 0.717) is 33.9 Å². The van der Waals surface area contributed by atoms with Crippen molar-refractivity contribution in [1.82, 2.24) is 10.2 Å². The second-order valence-corrected chi connectivity index (χ2v) is 6.91. The molecular formula is C19H19ClN2O2. The summed E-state index contributed by atoms with van der Waals surface area (Å²) < 4.78 is 5.76. The number of rotatable bonds is 3. The predicted octanol–water partition coefficient (Wildman–Crippen LogP) is 3.42. The molecule has 0 aromatic heterocycles. The van der Waals surface area contributed by atoms with Gasteiger partial charge in [0.1, 0.15) is 11.5 Å². The van der Waals surface area contributed by atoms with Crippen LogP contribution < -0.4 is 10.1 Å². The fourth-order valence-corrected chi connectivity index (χ4v) is 3.72. The van der Waals surface area contributed by atoms with Crippen molar-refractivity contribution >= 4 is 17.5 Å². The number of ether oxygens (including phenoxy) is 1. The Hall–Kier alpha value is -2.04. The van der Waals surface area contributed by atoms with E-state index in [2.05, 4.69) is 5.32 Å². The Morgan fingerprint density at radius 2 is 1.75 bits per heavy atom. The van der Waals surface area contributed by atoms with Crippen LogP contribution in [0.4, 0.5) is 0 Å². The topological polar surface area (TPSA) is 41.6 Å². The fraction of sp³-hybridized carbons (Fsp3) is 0.316. The third-order valence-corrected chi connectivity index (χ3v) is 5.04. The molecule has 2 aromatic carbocycles. The van der Waals surface area contributed by atoms with E-state index < -0.39 is 0 Å². The van der Waals surface area contributed by atoms with Crippen molar-refractivity contribution in [2.75, 3.05) is 26.2 Å². The molecule has 2 saturated heterocycles. The maximum absolute atomic E-state index is 12.6. The normalized spacial score (nSPS) is 22.5. The smallest absolute Gasteiger partial charge is 0.253 e. The quantitative estimate of drug-likeness (QED) is 0.929. The summed E-state index contributed by atoms with van der Waals surface area (Å²) in [6, 6.07) is 14.6. The van der Waals surface area contributed by atoms with Crippen molar-refractivity contribution in [1.29, 1.82) is 0 Å². The summed E-state index contributed by atoms with van der Waals surface area (Å²) in [6.45, 7) is 3.77. The Labute approximate surface area is 146 Å². The van der Waals surface area contributed by atoms with Gasteiger partial charge in [0, 0.05) is 36.8 Å². The first-order chi connectivity index (χ1) is 11.7. The zero-order chi connectivity index (χ0) is 16.5. The molecule has 0 aliphatic carbocycles.